The Labute approximate surface area is 395 Å². The van der Waals surface area contributed by atoms with Crippen LogP contribution in [0, 0.1) is 13.8 Å². The summed E-state index contributed by atoms with van der Waals surface area (Å²) in [5.41, 5.74) is 25.8. The van der Waals surface area contributed by atoms with Crippen LogP contribution in [0.25, 0.3) is 33.1 Å². The predicted octanol–water partition coefficient (Wildman–Crippen LogP) is 16.0. The molecule has 3 aliphatic carbocycles. The number of hydrogen-bond donors (Lipinski definition) is 0. The Hall–Kier alpha value is -5.22. The Kier molecular flexibility index (Phi) is 8.48. The summed E-state index contributed by atoms with van der Waals surface area (Å²) < 4.78 is 6.88. The predicted molar refractivity (Wildman–Crippen MR) is 283 cm³/mol. The topological polar surface area (TPSA) is 19.6 Å². The highest BCUT2D eigenvalue weighted by atomic mass is 16.3. The van der Waals surface area contributed by atoms with Gasteiger partial charge in [0.2, 0.25) is 0 Å². The smallest absolute Gasteiger partial charge is 0.333 e. The van der Waals surface area contributed by atoms with Crippen LogP contribution in [0.3, 0.4) is 0 Å². The van der Waals surface area contributed by atoms with Gasteiger partial charge in [0.05, 0.1) is 0 Å². The molecule has 0 fully saturated rings. The molecule has 5 aliphatic rings. The summed E-state index contributed by atoms with van der Waals surface area (Å²) in [6, 6.07) is 36.6. The van der Waals surface area contributed by atoms with Crippen LogP contribution in [0.1, 0.15) is 166 Å². The molecule has 4 heteroatoms. The fourth-order valence-corrected chi connectivity index (χ4v) is 13.6. The second kappa shape index (κ2) is 13.3. The molecule has 3 nitrogen and oxygen atoms in total. The number of benzene rings is 6. The van der Waals surface area contributed by atoms with Gasteiger partial charge in [-0.05, 0) is 200 Å². The highest BCUT2D eigenvalue weighted by Gasteiger charge is 2.49. The van der Waals surface area contributed by atoms with Crippen molar-refractivity contribution >= 4 is 68.1 Å². The third-order valence-corrected chi connectivity index (χ3v) is 18.2. The molecule has 12 rings (SSSR count). The Morgan fingerprint density at radius 3 is 1.62 bits per heavy atom. The summed E-state index contributed by atoms with van der Waals surface area (Å²) in [5.74, 6) is 0. The van der Waals surface area contributed by atoms with Crippen molar-refractivity contribution < 1.29 is 4.42 Å². The van der Waals surface area contributed by atoms with Crippen molar-refractivity contribution in [2.45, 2.75) is 168 Å². The van der Waals surface area contributed by atoms with Crippen molar-refractivity contribution in [3.05, 3.63) is 136 Å². The standard InChI is InChI=1S/C62H69BN2O/c1-36-27-42-40-31-46-48(62(13,14)26-24-60(46,9)10)34-51(40)65(38-19-20-43-45(30-38)59(7,8)22-21-57(43,3)4)63-49-35-55-41(39-17-15-16-18-54(39)66-55)32-52(49)64(53(28-36)56(42)63)50-33-47-44(29-37(50)2)58(5,6)23-25-61(47,11)12/h15-20,27-35H,21-26H2,1-14H3. The van der Waals surface area contributed by atoms with E-state index in [0.29, 0.717) is 0 Å². The lowest BCUT2D eigenvalue weighted by molar-refractivity contribution is 0.332. The molecule has 0 atom stereocenters. The van der Waals surface area contributed by atoms with Gasteiger partial charge in [-0.2, -0.15) is 0 Å². The van der Waals surface area contributed by atoms with Gasteiger partial charge in [-0.3, -0.25) is 0 Å². The summed E-state index contributed by atoms with van der Waals surface area (Å²) in [7, 11) is 0. The van der Waals surface area contributed by atoms with E-state index in [1.54, 1.807) is 0 Å². The van der Waals surface area contributed by atoms with Crippen molar-refractivity contribution in [3.8, 4) is 11.1 Å². The molecule has 66 heavy (non-hydrogen) atoms. The lowest BCUT2D eigenvalue weighted by Gasteiger charge is -2.49. The van der Waals surface area contributed by atoms with Crippen molar-refractivity contribution in [2.24, 2.45) is 0 Å². The quantitative estimate of drug-likeness (QED) is 0.161. The van der Waals surface area contributed by atoms with E-state index >= 15 is 0 Å². The van der Waals surface area contributed by atoms with Crippen molar-refractivity contribution in [3.63, 3.8) is 0 Å². The number of anilines is 5. The molecule has 7 aromatic rings. The number of rotatable bonds is 2. The lowest BCUT2D eigenvalue weighted by atomic mass is 9.43. The zero-order valence-electron chi connectivity index (χ0n) is 42.3. The Balaban J connectivity index is 1.23. The van der Waals surface area contributed by atoms with Gasteiger partial charge in [0.1, 0.15) is 11.2 Å². The van der Waals surface area contributed by atoms with E-state index in [1.807, 2.05) is 0 Å². The summed E-state index contributed by atoms with van der Waals surface area (Å²) in [6.45, 7) is 34.2. The van der Waals surface area contributed by atoms with Gasteiger partial charge < -0.3 is 14.1 Å². The molecular weight excluding hydrogens is 800 g/mol. The minimum absolute atomic E-state index is 0.0551. The van der Waals surface area contributed by atoms with E-state index in [-0.39, 0.29) is 39.3 Å². The summed E-state index contributed by atoms with van der Waals surface area (Å²) in [5, 5.41) is 2.33. The molecule has 0 saturated carbocycles. The van der Waals surface area contributed by atoms with Crippen LogP contribution < -0.4 is 20.6 Å². The normalized spacial score (nSPS) is 20.8. The van der Waals surface area contributed by atoms with Crippen LogP contribution in [0.15, 0.2) is 95.4 Å². The Morgan fingerprint density at radius 1 is 0.439 bits per heavy atom. The maximum atomic E-state index is 6.88. The molecule has 0 radical (unpaired) electrons. The van der Waals surface area contributed by atoms with E-state index in [4.69, 9.17) is 4.42 Å². The highest BCUT2D eigenvalue weighted by Crippen LogP contribution is 2.56. The largest absolute Gasteiger partial charge is 0.456 e. The molecule has 0 N–H and O–H groups in total. The van der Waals surface area contributed by atoms with Gasteiger partial charge in [-0.15, -0.1) is 0 Å². The molecule has 2 aliphatic heterocycles. The van der Waals surface area contributed by atoms with Crippen molar-refractivity contribution in [1.29, 1.82) is 0 Å². The van der Waals surface area contributed by atoms with Crippen molar-refractivity contribution in [1.82, 2.24) is 0 Å². The van der Waals surface area contributed by atoms with E-state index in [0.717, 1.165) is 16.6 Å². The third kappa shape index (κ3) is 5.81. The second-order valence-electron chi connectivity index (χ2n) is 25.5. The molecule has 1 aromatic heterocycles. The van der Waals surface area contributed by atoms with E-state index < -0.39 is 0 Å². The zero-order valence-corrected chi connectivity index (χ0v) is 42.3. The number of para-hydroxylation sites is 1. The maximum absolute atomic E-state index is 6.88. The SMILES string of the molecule is Cc1cc2c3c(c1)N(c1cc4c(cc1C)C(C)(C)CCC4(C)C)c1cc4c(cc1B3N(c1ccc3c(c1)C(C)(C)CCC3(C)C)c1cc3c(cc1-2)C(C)(C)CCC3(C)C)oc1ccccc14. The monoisotopic (exact) mass is 869 g/mol. The molecule has 0 spiro atoms. The molecule has 336 valence electrons. The van der Waals surface area contributed by atoms with Crippen LogP contribution in [0.4, 0.5) is 28.4 Å². The van der Waals surface area contributed by atoms with E-state index in [9.17, 15) is 0 Å². The number of aryl methyl sites for hydroxylation is 2. The lowest BCUT2D eigenvalue weighted by Crippen LogP contribution is -2.61. The summed E-state index contributed by atoms with van der Waals surface area (Å²) >= 11 is 0. The fourth-order valence-electron chi connectivity index (χ4n) is 13.6. The first-order valence-electron chi connectivity index (χ1n) is 25.2. The van der Waals surface area contributed by atoms with Gasteiger partial charge >= 0.3 is 6.85 Å². The number of fused-ring (bicyclic) bond motifs is 10. The first-order chi connectivity index (χ1) is 31.0. The number of nitrogens with zero attached hydrogens (tertiary/aromatic N) is 2. The molecule has 0 amide bonds. The number of hydrogen-bond acceptors (Lipinski definition) is 3. The van der Waals surface area contributed by atoms with Crippen LogP contribution in [0.5, 0.6) is 0 Å². The van der Waals surface area contributed by atoms with Gasteiger partial charge in [-0.1, -0.05) is 119 Å². The van der Waals surface area contributed by atoms with Gasteiger partial charge in [0.15, 0.2) is 0 Å². The van der Waals surface area contributed by atoms with E-state index in [1.165, 1.54) is 139 Å². The second-order valence-corrected chi connectivity index (χ2v) is 25.5. The van der Waals surface area contributed by atoms with Crippen molar-refractivity contribution in [2.75, 3.05) is 9.71 Å². The van der Waals surface area contributed by atoms with Crippen LogP contribution in [0.2, 0.25) is 0 Å². The van der Waals surface area contributed by atoms with Crippen LogP contribution in [-0.2, 0) is 32.5 Å². The molecule has 3 heterocycles. The Bertz CT molecular complexity index is 3260. The minimum atomic E-state index is -0.101. The van der Waals surface area contributed by atoms with Gasteiger partial charge in [0.25, 0.3) is 0 Å². The number of furan rings is 1. The first kappa shape index (κ1) is 42.2. The average Bonchev–Trinajstić information content (AvgIpc) is 3.62. The molecule has 0 unspecified atom stereocenters. The minimum Gasteiger partial charge on any atom is -0.456 e. The third-order valence-electron chi connectivity index (χ3n) is 18.2. The fraction of sp³-hybridized carbons (Fsp3) is 0.419. The average molecular weight is 869 g/mol. The van der Waals surface area contributed by atoms with Crippen LogP contribution in [-0.4, -0.2) is 6.85 Å². The molecule has 0 bridgehead atoms. The van der Waals surface area contributed by atoms with E-state index in [2.05, 4.69) is 198 Å². The summed E-state index contributed by atoms with van der Waals surface area (Å²) in [6.07, 6.45) is 7.10. The molecule has 6 aromatic carbocycles. The maximum Gasteiger partial charge on any atom is 0.333 e. The Morgan fingerprint density at radius 2 is 0.985 bits per heavy atom. The van der Waals surface area contributed by atoms with Gasteiger partial charge in [-0.25, -0.2) is 0 Å². The first-order valence-corrected chi connectivity index (χ1v) is 25.2. The summed E-state index contributed by atoms with van der Waals surface area (Å²) in [4.78, 5) is 5.46. The molecule has 0 saturated heterocycles. The zero-order chi connectivity index (χ0) is 46.4. The molecular formula is C62H69BN2O. The van der Waals surface area contributed by atoms with Crippen LogP contribution >= 0.6 is 0 Å². The van der Waals surface area contributed by atoms with Gasteiger partial charge in [0, 0.05) is 44.8 Å². The highest BCUT2D eigenvalue weighted by molar-refractivity contribution is 6.93.